The molecule has 0 aromatic carbocycles. The monoisotopic (exact) mass is 198 g/mol. The molecule has 0 saturated heterocycles. The van der Waals surface area contributed by atoms with Crippen LogP contribution in [-0.2, 0) is 14.3 Å². The van der Waals surface area contributed by atoms with Crippen molar-refractivity contribution in [2.45, 2.75) is 26.4 Å². The summed E-state index contributed by atoms with van der Waals surface area (Å²) in [5.74, 6) is -0.371. The fourth-order valence-electron chi connectivity index (χ4n) is 0.717. The van der Waals surface area contributed by atoms with Crippen LogP contribution in [0.15, 0.2) is 24.8 Å². The lowest BCUT2D eigenvalue weighted by molar-refractivity contribution is -0.142. The Balaban J connectivity index is 3.52. The molecule has 1 atom stereocenters. The first-order chi connectivity index (χ1) is 6.57. The normalized spacial score (nSPS) is 11.9. The van der Waals surface area contributed by atoms with Crippen molar-refractivity contribution in [3.05, 3.63) is 24.8 Å². The summed E-state index contributed by atoms with van der Waals surface area (Å²) >= 11 is 0. The van der Waals surface area contributed by atoms with Crippen LogP contribution in [0.1, 0.15) is 20.3 Å². The van der Waals surface area contributed by atoms with E-state index in [1.165, 1.54) is 0 Å². The average Bonchev–Trinajstić information content (AvgIpc) is 2.14. The second kappa shape index (κ2) is 7.33. The zero-order chi connectivity index (χ0) is 11.0. The van der Waals surface area contributed by atoms with E-state index in [2.05, 4.69) is 13.2 Å². The lowest BCUT2D eigenvalue weighted by atomic mass is 10.3. The van der Waals surface area contributed by atoms with Crippen LogP contribution in [0.3, 0.4) is 0 Å². The van der Waals surface area contributed by atoms with Crippen LogP contribution in [0.4, 0.5) is 0 Å². The lowest BCUT2D eigenvalue weighted by Gasteiger charge is -2.12. The van der Waals surface area contributed by atoms with Crippen LogP contribution in [0.2, 0.25) is 0 Å². The van der Waals surface area contributed by atoms with Gasteiger partial charge in [-0.15, -0.1) is 6.58 Å². The molecule has 0 aliphatic heterocycles. The molecule has 0 spiro atoms. The Morgan fingerprint density at radius 2 is 2.21 bits per heavy atom. The quantitative estimate of drug-likeness (QED) is 0.272. The van der Waals surface area contributed by atoms with Crippen molar-refractivity contribution in [2.75, 3.05) is 13.2 Å². The minimum Gasteiger partial charge on any atom is -0.460 e. The van der Waals surface area contributed by atoms with Crippen molar-refractivity contribution in [3.63, 3.8) is 0 Å². The van der Waals surface area contributed by atoms with Gasteiger partial charge in [0.1, 0.15) is 6.61 Å². The topological polar surface area (TPSA) is 35.5 Å². The van der Waals surface area contributed by atoms with Crippen molar-refractivity contribution >= 4 is 5.97 Å². The van der Waals surface area contributed by atoms with E-state index in [0.29, 0.717) is 12.2 Å². The molecule has 14 heavy (non-hydrogen) atoms. The molecule has 0 fully saturated rings. The molecule has 0 aromatic rings. The van der Waals surface area contributed by atoms with Gasteiger partial charge < -0.3 is 9.47 Å². The third-order valence-corrected chi connectivity index (χ3v) is 1.52. The molecular formula is C11H18O3. The van der Waals surface area contributed by atoms with Gasteiger partial charge in [-0.05, 0) is 20.3 Å². The smallest absolute Gasteiger partial charge is 0.333 e. The predicted octanol–water partition coefficient (Wildman–Crippen LogP) is 2.09. The summed E-state index contributed by atoms with van der Waals surface area (Å²) < 4.78 is 10.2. The van der Waals surface area contributed by atoms with Gasteiger partial charge in [0.15, 0.2) is 0 Å². The van der Waals surface area contributed by atoms with Crippen molar-refractivity contribution in [1.82, 2.24) is 0 Å². The summed E-state index contributed by atoms with van der Waals surface area (Å²) in [6, 6.07) is 0. The second-order valence-electron chi connectivity index (χ2n) is 3.14. The molecule has 0 radical (unpaired) electrons. The molecule has 0 aliphatic carbocycles. The maximum Gasteiger partial charge on any atom is 0.333 e. The minimum atomic E-state index is -0.371. The molecule has 0 heterocycles. The second-order valence-corrected chi connectivity index (χ2v) is 3.14. The molecule has 0 aromatic heterocycles. The zero-order valence-electron chi connectivity index (χ0n) is 8.91. The maximum absolute atomic E-state index is 11.0. The Morgan fingerprint density at radius 3 is 2.71 bits per heavy atom. The van der Waals surface area contributed by atoms with Gasteiger partial charge in [0.05, 0.1) is 12.7 Å². The molecule has 0 saturated carbocycles. The molecule has 0 rings (SSSR count). The van der Waals surface area contributed by atoms with Gasteiger partial charge in [-0.1, -0.05) is 12.7 Å². The summed E-state index contributed by atoms with van der Waals surface area (Å²) in [7, 11) is 0. The van der Waals surface area contributed by atoms with Crippen LogP contribution in [0.25, 0.3) is 0 Å². The molecule has 3 nitrogen and oxygen atoms in total. The SMILES string of the molecule is C=CCCOC(C)COC(=O)C(=C)C. The molecule has 0 bridgehead atoms. The Labute approximate surface area is 85.4 Å². The Kier molecular flexibility index (Phi) is 6.76. The van der Waals surface area contributed by atoms with Crippen molar-refractivity contribution in [3.8, 4) is 0 Å². The first-order valence-electron chi connectivity index (χ1n) is 4.63. The molecule has 80 valence electrons. The zero-order valence-corrected chi connectivity index (χ0v) is 8.91. The van der Waals surface area contributed by atoms with Crippen LogP contribution >= 0.6 is 0 Å². The molecule has 1 unspecified atom stereocenters. The van der Waals surface area contributed by atoms with Gasteiger partial charge in [0.25, 0.3) is 0 Å². The van der Waals surface area contributed by atoms with Crippen LogP contribution in [0, 0.1) is 0 Å². The predicted molar refractivity (Wildman–Crippen MR) is 56.0 cm³/mol. The standard InChI is InChI=1S/C11H18O3/c1-5-6-7-13-10(4)8-14-11(12)9(2)3/h5,10H,1-2,6-8H2,3-4H3. The van der Waals surface area contributed by atoms with Crippen LogP contribution < -0.4 is 0 Å². The highest BCUT2D eigenvalue weighted by molar-refractivity contribution is 5.86. The fraction of sp³-hybridized carbons (Fsp3) is 0.545. The van der Waals surface area contributed by atoms with Gasteiger partial charge in [-0.25, -0.2) is 4.79 Å². The number of ether oxygens (including phenoxy) is 2. The van der Waals surface area contributed by atoms with Gasteiger partial charge in [0, 0.05) is 5.57 Å². The van der Waals surface area contributed by atoms with E-state index < -0.39 is 0 Å². The highest BCUT2D eigenvalue weighted by Gasteiger charge is 2.07. The number of esters is 1. The van der Waals surface area contributed by atoms with E-state index in [1.807, 2.05) is 6.92 Å². The molecule has 0 aliphatic rings. The number of hydrogen-bond acceptors (Lipinski definition) is 3. The van der Waals surface area contributed by atoms with Gasteiger partial charge in [0.2, 0.25) is 0 Å². The third-order valence-electron chi connectivity index (χ3n) is 1.52. The first kappa shape index (κ1) is 12.9. The Bertz CT molecular complexity index is 209. The third kappa shape index (κ3) is 6.43. The summed E-state index contributed by atoms with van der Waals surface area (Å²) in [5, 5.41) is 0. The van der Waals surface area contributed by atoms with Crippen molar-refractivity contribution in [1.29, 1.82) is 0 Å². The summed E-state index contributed by atoms with van der Waals surface area (Å²) in [5.41, 5.74) is 0.406. The molecular weight excluding hydrogens is 180 g/mol. The fourth-order valence-corrected chi connectivity index (χ4v) is 0.717. The maximum atomic E-state index is 11.0. The van der Waals surface area contributed by atoms with Gasteiger partial charge in [-0.3, -0.25) is 0 Å². The molecule has 0 N–H and O–H groups in total. The van der Waals surface area contributed by atoms with E-state index in [-0.39, 0.29) is 18.7 Å². The van der Waals surface area contributed by atoms with E-state index in [4.69, 9.17) is 9.47 Å². The molecule has 0 amide bonds. The van der Waals surface area contributed by atoms with Crippen LogP contribution in [0.5, 0.6) is 0 Å². The number of hydrogen-bond donors (Lipinski definition) is 0. The largest absolute Gasteiger partial charge is 0.460 e. The van der Waals surface area contributed by atoms with E-state index in [1.54, 1.807) is 13.0 Å². The molecule has 3 heteroatoms. The van der Waals surface area contributed by atoms with E-state index in [0.717, 1.165) is 6.42 Å². The first-order valence-corrected chi connectivity index (χ1v) is 4.63. The number of rotatable bonds is 7. The van der Waals surface area contributed by atoms with E-state index in [9.17, 15) is 4.79 Å². The summed E-state index contributed by atoms with van der Waals surface area (Å²) in [6.07, 6.45) is 2.50. The highest BCUT2D eigenvalue weighted by atomic mass is 16.6. The number of carbonyl (C=O) groups is 1. The lowest BCUT2D eigenvalue weighted by Crippen LogP contribution is -2.19. The highest BCUT2D eigenvalue weighted by Crippen LogP contribution is 1.97. The summed E-state index contributed by atoms with van der Waals surface area (Å²) in [6.45, 7) is 11.4. The minimum absolute atomic E-state index is 0.0850. The Morgan fingerprint density at radius 1 is 1.57 bits per heavy atom. The summed E-state index contributed by atoms with van der Waals surface area (Å²) in [4.78, 5) is 11.0. The average molecular weight is 198 g/mol. The van der Waals surface area contributed by atoms with Crippen molar-refractivity contribution in [2.24, 2.45) is 0 Å². The van der Waals surface area contributed by atoms with E-state index >= 15 is 0 Å². The Hall–Kier alpha value is -1.09. The number of carbonyl (C=O) groups excluding carboxylic acids is 1. The van der Waals surface area contributed by atoms with Gasteiger partial charge >= 0.3 is 5.97 Å². The van der Waals surface area contributed by atoms with Gasteiger partial charge in [-0.2, -0.15) is 0 Å². The van der Waals surface area contributed by atoms with Crippen LogP contribution in [-0.4, -0.2) is 25.3 Å². The van der Waals surface area contributed by atoms with Crippen molar-refractivity contribution < 1.29 is 14.3 Å².